The highest BCUT2D eigenvalue weighted by molar-refractivity contribution is 6.30. The molecule has 1 aromatic rings. The van der Waals surface area contributed by atoms with Crippen molar-refractivity contribution in [3.63, 3.8) is 0 Å². The quantitative estimate of drug-likeness (QED) is 0.888. The number of amides is 1. The molecule has 0 radical (unpaired) electrons. The first-order valence-electron chi connectivity index (χ1n) is 4.72. The molecule has 4 nitrogen and oxygen atoms in total. The molecule has 0 spiro atoms. The van der Waals surface area contributed by atoms with Gasteiger partial charge in [0, 0.05) is 17.6 Å². The van der Waals surface area contributed by atoms with Crippen LogP contribution in [0.25, 0.3) is 0 Å². The van der Waals surface area contributed by atoms with E-state index in [9.17, 15) is 4.79 Å². The van der Waals surface area contributed by atoms with Crippen LogP contribution in [0.2, 0.25) is 5.02 Å². The van der Waals surface area contributed by atoms with E-state index in [4.69, 9.17) is 21.4 Å². The number of ether oxygens (including phenoxy) is 1. The van der Waals surface area contributed by atoms with Gasteiger partial charge in [-0.15, -0.1) is 0 Å². The van der Waals surface area contributed by atoms with Crippen molar-refractivity contribution in [1.82, 2.24) is 4.90 Å². The van der Waals surface area contributed by atoms with E-state index in [1.807, 2.05) is 6.92 Å². The summed E-state index contributed by atoms with van der Waals surface area (Å²) < 4.78 is 5.23. The second-order valence-electron chi connectivity index (χ2n) is 3.55. The van der Waals surface area contributed by atoms with Crippen LogP contribution in [0.3, 0.4) is 0 Å². The lowest BCUT2D eigenvalue weighted by Crippen LogP contribution is -2.24. The van der Waals surface area contributed by atoms with Crippen LogP contribution in [-0.2, 0) is 6.54 Å². The Kier molecular flexibility index (Phi) is 4.01. The number of benzene rings is 1. The highest BCUT2D eigenvalue weighted by atomic mass is 35.5. The van der Waals surface area contributed by atoms with Crippen molar-refractivity contribution < 1.29 is 14.6 Å². The van der Waals surface area contributed by atoms with Gasteiger partial charge >= 0.3 is 6.09 Å². The number of hydrogen-bond donors (Lipinski definition) is 1. The minimum Gasteiger partial charge on any atom is -0.496 e. The summed E-state index contributed by atoms with van der Waals surface area (Å²) in [4.78, 5) is 11.9. The van der Waals surface area contributed by atoms with Gasteiger partial charge in [0.2, 0.25) is 0 Å². The van der Waals surface area contributed by atoms with E-state index in [0.717, 1.165) is 11.1 Å². The molecule has 1 aromatic carbocycles. The zero-order valence-electron chi connectivity index (χ0n) is 9.45. The van der Waals surface area contributed by atoms with E-state index >= 15 is 0 Å². The number of rotatable bonds is 3. The third-order valence-corrected chi connectivity index (χ3v) is 2.47. The van der Waals surface area contributed by atoms with Crippen LogP contribution < -0.4 is 4.74 Å². The van der Waals surface area contributed by atoms with Crippen LogP contribution in [-0.4, -0.2) is 30.3 Å². The lowest BCUT2D eigenvalue weighted by Gasteiger charge is -2.17. The number of aryl methyl sites for hydroxylation is 1. The van der Waals surface area contributed by atoms with Crippen molar-refractivity contribution in [3.8, 4) is 5.75 Å². The maximum absolute atomic E-state index is 10.7. The van der Waals surface area contributed by atoms with E-state index in [1.165, 1.54) is 11.9 Å². The van der Waals surface area contributed by atoms with Crippen molar-refractivity contribution in [1.29, 1.82) is 0 Å². The Morgan fingerprint density at radius 2 is 2.19 bits per heavy atom. The first kappa shape index (κ1) is 12.6. The van der Waals surface area contributed by atoms with Gasteiger partial charge in [0.05, 0.1) is 13.7 Å². The van der Waals surface area contributed by atoms with Gasteiger partial charge in [-0.1, -0.05) is 11.6 Å². The number of hydrogen-bond acceptors (Lipinski definition) is 2. The van der Waals surface area contributed by atoms with E-state index in [0.29, 0.717) is 10.8 Å². The third-order valence-electron chi connectivity index (χ3n) is 2.25. The molecule has 5 heteroatoms. The zero-order valence-corrected chi connectivity index (χ0v) is 10.2. The molecule has 0 bridgehead atoms. The number of halogens is 1. The molecular weight excluding hydrogens is 230 g/mol. The van der Waals surface area contributed by atoms with Gasteiger partial charge in [-0.3, -0.25) is 0 Å². The molecule has 0 atom stereocenters. The maximum Gasteiger partial charge on any atom is 0.407 e. The normalized spacial score (nSPS) is 10.0. The van der Waals surface area contributed by atoms with Crippen LogP contribution in [0, 0.1) is 6.92 Å². The average molecular weight is 244 g/mol. The molecule has 1 N–H and O–H groups in total. The van der Waals surface area contributed by atoms with Crippen molar-refractivity contribution >= 4 is 17.7 Å². The predicted molar refractivity (Wildman–Crippen MR) is 62.2 cm³/mol. The molecule has 0 saturated carbocycles. The van der Waals surface area contributed by atoms with E-state index in [1.54, 1.807) is 19.2 Å². The summed E-state index contributed by atoms with van der Waals surface area (Å²) in [7, 11) is 3.05. The van der Waals surface area contributed by atoms with Gasteiger partial charge in [-0.05, 0) is 24.6 Å². The second-order valence-corrected chi connectivity index (χ2v) is 3.99. The Morgan fingerprint density at radius 1 is 1.56 bits per heavy atom. The van der Waals surface area contributed by atoms with Crippen LogP contribution in [0.15, 0.2) is 12.1 Å². The Balaban J connectivity index is 3.07. The lowest BCUT2D eigenvalue weighted by molar-refractivity contribution is 0.153. The molecule has 0 aliphatic rings. The smallest absolute Gasteiger partial charge is 0.407 e. The largest absolute Gasteiger partial charge is 0.496 e. The summed E-state index contributed by atoms with van der Waals surface area (Å²) in [6.45, 7) is 2.12. The van der Waals surface area contributed by atoms with E-state index in [-0.39, 0.29) is 6.54 Å². The minimum atomic E-state index is -0.986. The van der Waals surface area contributed by atoms with Gasteiger partial charge in [0.1, 0.15) is 5.75 Å². The number of carbonyl (C=O) groups is 1. The number of nitrogens with zero attached hydrogens (tertiary/aromatic N) is 1. The lowest BCUT2D eigenvalue weighted by atomic mass is 10.1. The molecule has 0 saturated heterocycles. The topological polar surface area (TPSA) is 49.8 Å². The van der Waals surface area contributed by atoms with Crippen LogP contribution in [0.5, 0.6) is 5.75 Å². The van der Waals surface area contributed by atoms with Gasteiger partial charge in [-0.25, -0.2) is 4.79 Å². The number of carboxylic acid groups (broad SMARTS) is 1. The molecule has 1 rings (SSSR count). The molecule has 0 unspecified atom stereocenters. The monoisotopic (exact) mass is 243 g/mol. The highest BCUT2D eigenvalue weighted by Gasteiger charge is 2.13. The van der Waals surface area contributed by atoms with Gasteiger partial charge in [0.15, 0.2) is 0 Å². The first-order valence-corrected chi connectivity index (χ1v) is 5.10. The fourth-order valence-electron chi connectivity index (χ4n) is 1.53. The van der Waals surface area contributed by atoms with Gasteiger partial charge in [0.25, 0.3) is 0 Å². The fraction of sp³-hybridized carbons (Fsp3) is 0.364. The van der Waals surface area contributed by atoms with Gasteiger partial charge < -0.3 is 14.7 Å². The summed E-state index contributed by atoms with van der Waals surface area (Å²) in [6, 6.07) is 3.50. The Morgan fingerprint density at radius 3 is 2.69 bits per heavy atom. The molecule has 0 aromatic heterocycles. The molecular formula is C11H14ClNO3. The highest BCUT2D eigenvalue weighted by Crippen LogP contribution is 2.28. The Bertz CT molecular complexity index is 406. The fourth-order valence-corrected chi connectivity index (χ4v) is 1.83. The Hall–Kier alpha value is -1.42. The molecule has 16 heavy (non-hydrogen) atoms. The predicted octanol–water partition coefficient (Wildman–Crippen LogP) is 2.77. The summed E-state index contributed by atoms with van der Waals surface area (Å²) in [5, 5.41) is 9.37. The third kappa shape index (κ3) is 2.79. The van der Waals surface area contributed by atoms with Crippen molar-refractivity contribution in [2.24, 2.45) is 0 Å². The molecule has 1 amide bonds. The van der Waals surface area contributed by atoms with Crippen LogP contribution in [0.1, 0.15) is 11.1 Å². The summed E-state index contributed by atoms with van der Waals surface area (Å²) in [6.07, 6.45) is -0.986. The molecule has 0 heterocycles. The van der Waals surface area contributed by atoms with E-state index < -0.39 is 6.09 Å². The average Bonchev–Trinajstić information content (AvgIpc) is 2.16. The minimum absolute atomic E-state index is 0.250. The summed E-state index contributed by atoms with van der Waals surface area (Å²) >= 11 is 5.92. The van der Waals surface area contributed by atoms with Gasteiger partial charge in [-0.2, -0.15) is 0 Å². The standard InChI is InChI=1S/C11H14ClNO3/c1-7-4-9(12)5-8(10(7)16-3)6-13(2)11(14)15/h4-5H,6H2,1-3H3,(H,14,15). The first-order chi connectivity index (χ1) is 7.45. The van der Waals surface area contributed by atoms with E-state index in [2.05, 4.69) is 0 Å². The van der Waals surface area contributed by atoms with Crippen LogP contribution >= 0.6 is 11.6 Å². The maximum atomic E-state index is 10.7. The molecule has 0 fully saturated rings. The van der Waals surface area contributed by atoms with Crippen molar-refractivity contribution in [3.05, 3.63) is 28.3 Å². The summed E-state index contributed by atoms with van der Waals surface area (Å²) in [5.41, 5.74) is 1.65. The molecule has 0 aliphatic heterocycles. The van der Waals surface area contributed by atoms with Crippen molar-refractivity contribution in [2.45, 2.75) is 13.5 Å². The van der Waals surface area contributed by atoms with Crippen molar-refractivity contribution in [2.75, 3.05) is 14.2 Å². The summed E-state index contributed by atoms with van der Waals surface area (Å²) in [5.74, 6) is 0.678. The number of methoxy groups -OCH3 is 1. The van der Waals surface area contributed by atoms with Crippen LogP contribution in [0.4, 0.5) is 4.79 Å². The molecule has 88 valence electrons. The Labute approximate surface area is 99.4 Å². The molecule has 0 aliphatic carbocycles. The SMILES string of the molecule is COc1c(C)cc(Cl)cc1CN(C)C(=O)O. The second kappa shape index (κ2) is 5.07. The zero-order chi connectivity index (χ0) is 12.3.